The number of carbonyl (C=O) groups excluding carboxylic acids is 1. The van der Waals surface area contributed by atoms with Gasteiger partial charge >= 0.3 is 0 Å². The van der Waals surface area contributed by atoms with Gasteiger partial charge in [-0.05, 0) is 50.5 Å². The van der Waals surface area contributed by atoms with E-state index in [0.29, 0.717) is 12.3 Å². The Labute approximate surface area is 178 Å². The zero-order valence-electron chi connectivity index (χ0n) is 18.2. The predicted octanol–water partition coefficient (Wildman–Crippen LogP) is 4.47. The molecule has 1 aliphatic heterocycles. The molecule has 1 atom stereocenters. The van der Waals surface area contributed by atoms with E-state index in [4.69, 9.17) is 9.15 Å². The molecule has 3 aromatic rings. The summed E-state index contributed by atoms with van der Waals surface area (Å²) in [5.74, 6) is 0.245. The molecular weight excluding hydrogens is 376 g/mol. The number of aryl methyl sites for hydroxylation is 4. The van der Waals surface area contributed by atoms with Gasteiger partial charge in [-0.25, -0.2) is 0 Å². The highest BCUT2D eigenvalue weighted by atomic mass is 16.5. The lowest BCUT2D eigenvalue weighted by Gasteiger charge is -2.35. The van der Waals surface area contributed by atoms with Gasteiger partial charge in [-0.15, -0.1) is 0 Å². The summed E-state index contributed by atoms with van der Waals surface area (Å²) in [6.07, 6.45) is 0. The number of morpholine rings is 1. The maximum absolute atomic E-state index is 13.1. The Morgan fingerprint density at radius 3 is 2.43 bits per heavy atom. The standard InChI is InChI=1S/C25H30N2O3/c1-16-5-7-20(8-6-16)21(27-9-11-29-12-10-27)15-26-25(28)24-19(4)23-18(3)13-17(2)14-22(23)30-24/h5-8,13-14,21H,9-12,15H2,1-4H3,(H,26,28)/t21-/m1/s1. The molecule has 5 heteroatoms. The molecule has 0 spiro atoms. The van der Waals surface area contributed by atoms with Gasteiger partial charge in [-0.2, -0.15) is 0 Å². The molecule has 1 fully saturated rings. The van der Waals surface area contributed by atoms with E-state index in [1.165, 1.54) is 11.1 Å². The number of hydrogen-bond donors (Lipinski definition) is 1. The van der Waals surface area contributed by atoms with Gasteiger partial charge in [-0.1, -0.05) is 35.9 Å². The Morgan fingerprint density at radius 1 is 1.03 bits per heavy atom. The average molecular weight is 407 g/mol. The second-order valence-electron chi connectivity index (χ2n) is 8.30. The van der Waals surface area contributed by atoms with Crippen LogP contribution in [0.2, 0.25) is 0 Å². The molecule has 2 heterocycles. The van der Waals surface area contributed by atoms with Gasteiger partial charge in [0.05, 0.1) is 19.3 Å². The fourth-order valence-electron chi connectivity index (χ4n) is 4.41. The minimum atomic E-state index is -0.161. The number of carbonyl (C=O) groups is 1. The molecule has 1 N–H and O–H groups in total. The van der Waals surface area contributed by atoms with Gasteiger partial charge in [0.1, 0.15) is 5.58 Å². The van der Waals surface area contributed by atoms with Crippen molar-refractivity contribution in [3.05, 3.63) is 70.0 Å². The van der Waals surface area contributed by atoms with Crippen molar-refractivity contribution in [3.63, 3.8) is 0 Å². The first-order valence-corrected chi connectivity index (χ1v) is 10.6. The summed E-state index contributed by atoms with van der Waals surface area (Å²) in [6, 6.07) is 12.8. The van der Waals surface area contributed by atoms with Crippen LogP contribution in [0.5, 0.6) is 0 Å². The predicted molar refractivity (Wildman–Crippen MR) is 119 cm³/mol. The van der Waals surface area contributed by atoms with Crippen molar-refractivity contribution in [2.75, 3.05) is 32.8 Å². The Bertz CT molecular complexity index is 1050. The number of ether oxygens (including phenoxy) is 1. The van der Waals surface area contributed by atoms with E-state index < -0.39 is 0 Å². The van der Waals surface area contributed by atoms with E-state index in [0.717, 1.165) is 54.0 Å². The van der Waals surface area contributed by atoms with E-state index in [1.54, 1.807) is 0 Å². The second kappa shape index (κ2) is 8.62. The first kappa shape index (κ1) is 20.6. The molecular formula is C25H30N2O3. The zero-order chi connectivity index (χ0) is 21.3. The summed E-state index contributed by atoms with van der Waals surface area (Å²) in [6.45, 7) is 11.8. The molecule has 158 valence electrons. The number of nitrogens with zero attached hydrogens (tertiary/aromatic N) is 1. The number of fused-ring (bicyclic) bond motifs is 1. The minimum absolute atomic E-state index is 0.104. The summed E-state index contributed by atoms with van der Waals surface area (Å²) >= 11 is 0. The molecule has 0 radical (unpaired) electrons. The molecule has 5 nitrogen and oxygen atoms in total. The number of hydrogen-bond acceptors (Lipinski definition) is 4. The van der Waals surface area contributed by atoms with Crippen LogP contribution in [0.1, 0.15) is 44.4 Å². The molecule has 0 unspecified atom stereocenters. The summed E-state index contributed by atoms with van der Waals surface area (Å²) in [4.78, 5) is 15.4. The number of benzene rings is 2. The molecule has 30 heavy (non-hydrogen) atoms. The normalized spacial score (nSPS) is 16.0. The van der Waals surface area contributed by atoms with Gasteiger partial charge in [0.25, 0.3) is 5.91 Å². The number of amides is 1. The maximum atomic E-state index is 13.1. The SMILES string of the molecule is Cc1ccc([C@@H](CNC(=O)c2oc3cc(C)cc(C)c3c2C)N2CCOCC2)cc1. The molecule has 1 amide bonds. The van der Waals surface area contributed by atoms with Crippen molar-refractivity contribution in [2.24, 2.45) is 0 Å². The van der Waals surface area contributed by atoms with Gasteiger partial charge in [-0.3, -0.25) is 9.69 Å². The molecule has 0 saturated carbocycles. The number of rotatable bonds is 5. The van der Waals surface area contributed by atoms with E-state index in [2.05, 4.69) is 54.4 Å². The van der Waals surface area contributed by atoms with Crippen LogP contribution in [0.25, 0.3) is 11.0 Å². The topological polar surface area (TPSA) is 54.7 Å². The molecule has 1 saturated heterocycles. The monoisotopic (exact) mass is 406 g/mol. The minimum Gasteiger partial charge on any atom is -0.451 e. The van der Waals surface area contributed by atoms with Crippen LogP contribution in [-0.4, -0.2) is 43.7 Å². The Balaban J connectivity index is 1.56. The van der Waals surface area contributed by atoms with Crippen LogP contribution >= 0.6 is 0 Å². The van der Waals surface area contributed by atoms with Gasteiger partial charge in [0.15, 0.2) is 5.76 Å². The van der Waals surface area contributed by atoms with Crippen molar-refractivity contribution in [2.45, 2.75) is 33.7 Å². The third-order valence-corrected chi connectivity index (χ3v) is 5.98. The largest absolute Gasteiger partial charge is 0.451 e. The van der Waals surface area contributed by atoms with E-state index in [-0.39, 0.29) is 11.9 Å². The third-order valence-electron chi connectivity index (χ3n) is 5.98. The lowest BCUT2D eigenvalue weighted by molar-refractivity contribution is 0.0161. The Morgan fingerprint density at radius 2 is 1.73 bits per heavy atom. The highest BCUT2D eigenvalue weighted by Gasteiger charge is 2.25. The molecule has 4 rings (SSSR count). The van der Waals surface area contributed by atoms with E-state index in [9.17, 15) is 4.79 Å². The summed E-state index contributed by atoms with van der Waals surface area (Å²) in [5.41, 5.74) is 6.38. The highest BCUT2D eigenvalue weighted by molar-refractivity contribution is 6.00. The van der Waals surface area contributed by atoms with Crippen LogP contribution in [0.4, 0.5) is 0 Å². The lowest BCUT2D eigenvalue weighted by atomic mass is 10.0. The van der Waals surface area contributed by atoms with Crippen molar-refractivity contribution >= 4 is 16.9 Å². The summed E-state index contributed by atoms with van der Waals surface area (Å²) < 4.78 is 11.5. The van der Waals surface area contributed by atoms with Crippen LogP contribution in [0, 0.1) is 27.7 Å². The fourth-order valence-corrected chi connectivity index (χ4v) is 4.41. The van der Waals surface area contributed by atoms with E-state index >= 15 is 0 Å². The number of nitrogens with one attached hydrogen (secondary N) is 1. The van der Waals surface area contributed by atoms with Crippen LogP contribution in [0.15, 0.2) is 40.8 Å². The maximum Gasteiger partial charge on any atom is 0.287 e. The Kier molecular flexibility index (Phi) is 5.93. The molecule has 2 aromatic carbocycles. The van der Waals surface area contributed by atoms with Gasteiger partial charge < -0.3 is 14.5 Å². The molecule has 1 aromatic heterocycles. The third kappa shape index (κ3) is 4.13. The van der Waals surface area contributed by atoms with Crippen molar-refractivity contribution in [1.82, 2.24) is 10.2 Å². The first-order valence-electron chi connectivity index (χ1n) is 10.6. The molecule has 0 bridgehead atoms. The average Bonchev–Trinajstić information content (AvgIpc) is 3.06. The van der Waals surface area contributed by atoms with Crippen LogP contribution < -0.4 is 5.32 Å². The number of furan rings is 1. The summed E-state index contributed by atoms with van der Waals surface area (Å²) in [7, 11) is 0. The fraction of sp³-hybridized carbons (Fsp3) is 0.400. The van der Waals surface area contributed by atoms with Crippen molar-refractivity contribution in [1.29, 1.82) is 0 Å². The lowest BCUT2D eigenvalue weighted by Crippen LogP contribution is -2.43. The van der Waals surface area contributed by atoms with Gasteiger partial charge in [0.2, 0.25) is 0 Å². The second-order valence-corrected chi connectivity index (χ2v) is 8.30. The first-order chi connectivity index (χ1) is 14.4. The van der Waals surface area contributed by atoms with Crippen molar-refractivity contribution in [3.8, 4) is 0 Å². The van der Waals surface area contributed by atoms with E-state index in [1.807, 2.05) is 19.9 Å². The summed E-state index contributed by atoms with van der Waals surface area (Å²) in [5, 5.41) is 4.17. The zero-order valence-corrected chi connectivity index (χ0v) is 18.2. The quantitative estimate of drug-likeness (QED) is 0.679. The highest BCUT2D eigenvalue weighted by Crippen LogP contribution is 2.29. The van der Waals surface area contributed by atoms with Crippen molar-refractivity contribution < 1.29 is 13.9 Å². The van der Waals surface area contributed by atoms with Gasteiger partial charge in [0, 0.05) is 30.6 Å². The molecule has 1 aliphatic rings. The molecule has 0 aliphatic carbocycles. The Hall–Kier alpha value is -2.63. The van der Waals surface area contributed by atoms with Crippen LogP contribution in [-0.2, 0) is 4.74 Å². The smallest absolute Gasteiger partial charge is 0.287 e. The van der Waals surface area contributed by atoms with Crippen LogP contribution in [0.3, 0.4) is 0 Å².